The second kappa shape index (κ2) is 5.09. The Bertz CT molecular complexity index is 420. The van der Waals surface area contributed by atoms with Crippen LogP contribution in [0, 0.1) is 11.3 Å². The second-order valence-corrected chi connectivity index (χ2v) is 4.23. The van der Waals surface area contributed by atoms with Crippen LogP contribution in [0.4, 0.5) is 0 Å². The van der Waals surface area contributed by atoms with Crippen LogP contribution in [0.2, 0.25) is 0 Å². The van der Waals surface area contributed by atoms with Crippen molar-refractivity contribution < 1.29 is 4.79 Å². The number of carbonyl (C=O) groups excluding carboxylic acids is 1. The molecule has 78 valence electrons. The monoisotopic (exact) mass is 265 g/mol. The average Bonchev–Trinajstić information content (AvgIpc) is 2.26. The van der Waals surface area contributed by atoms with Crippen LogP contribution in [0.1, 0.15) is 35.4 Å². The Morgan fingerprint density at radius 2 is 2.27 bits per heavy atom. The molecule has 0 aliphatic carbocycles. The van der Waals surface area contributed by atoms with Crippen LogP contribution in [0.3, 0.4) is 0 Å². The molecule has 0 heterocycles. The van der Waals surface area contributed by atoms with Gasteiger partial charge in [-0.15, -0.1) is 0 Å². The maximum absolute atomic E-state index is 11.3. The minimum absolute atomic E-state index is 0.0207. The van der Waals surface area contributed by atoms with Gasteiger partial charge in [0.1, 0.15) is 5.78 Å². The minimum atomic E-state index is -0.372. The first-order chi connectivity index (χ1) is 7.11. The van der Waals surface area contributed by atoms with Crippen molar-refractivity contribution >= 4 is 21.7 Å². The molecule has 1 atom stereocenters. The van der Waals surface area contributed by atoms with E-state index in [0.717, 1.165) is 17.5 Å². The molecule has 0 aromatic heterocycles. The SMILES string of the molecule is CCc1cccc(C#N)c1C(Br)C(C)=O. The van der Waals surface area contributed by atoms with E-state index in [-0.39, 0.29) is 10.6 Å². The van der Waals surface area contributed by atoms with Gasteiger partial charge in [0, 0.05) is 0 Å². The summed E-state index contributed by atoms with van der Waals surface area (Å²) in [6.45, 7) is 3.53. The molecule has 0 aliphatic heterocycles. The third-order valence-electron chi connectivity index (χ3n) is 2.31. The molecule has 0 spiro atoms. The van der Waals surface area contributed by atoms with Crippen LogP contribution in [-0.4, -0.2) is 5.78 Å². The Morgan fingerprint density at radius 1 is 1.60 bits per heavy atom. The van der Waals surface area contributed by atoms with Gasteiger partial charge < -0.3 is 0 Å². The minimum Gasteiger partial charge on any atom is -0.298 e. The summed E-state index contributed by atoms with van der Waals surface area (Å²) >= 11 is 3.33. The highest BCUT2D eigenvalue weighted by Gasteiger charge is 2.19. The quantitative estimate of drug-likeness (QED) is 0.788. The molecular formula is C12H12BrNO. The fourth-order valence-electron chi connectivity index (χ4n) is 1.52. The van der Waals surface area contributed by atoms with Gasteiger partial charge in [-0.05, 0) is 30.5 Å². The van der Waals surface area contributed by atoms with E-state index in [1.165, 1.54) is 6.92 Å². The van der Waals surface area contributed by atoms with Crippen LogP contribution in [0.15, 0.2) is 18.2 Å². The van der Waals surface area contributed by atoms with Crippen LogP contribution >= 0.6 is 15.9 Å². The maximum Gasteiger partial charge on any atom is 0.147 e. The Labute approximate surface area is 98.0 Å². The van der Waals surface area contributed by atoms with Crippen LogP contribution < -0.4 is 0 Å². The fourth-order valence-corrected chi connectivity index (χ4v) is 2.06. The number of hydrogen-bond donors (Lipinski definition) is 0. The molecule has 1 unspecified atom stereocenters. The highest BCUT2D eigenvalue weighted by Crippen LogP contribution is 2.30. The molecule has 3 heteroatoms. The van der Waals surface area contributed by atoms with Crippen molar-refractivity contribution in [2.24, 2.45) is 0 Å². The molecule has 0 N–H and O–H groups in total. The third-order valence-corrected chi connectivity index (χ3v) is 3.41. The molecule has 0 saturated heterocycles. The second-order valence-electron chi connectivity index (χ2n) is 3.32. The van der Waals surface area contributed by atoms with E-state index in [1.54, 1.807) is 6.07 Å². The van der Waals surface area contributed by atoms with Crippen LogP contribution in [0.25, 0.3) is 0 Å². The zero-order chi connectivity index (χ0) is 11.4. The molecule has 1 rings (SSSR count). The van der Waals surface area contributed by atoms with Crippen molar-refractivity contribution in [3.8, 4) is 6.07 Å². The summed E-state index contributed by atoms with van der Waals surface area (Å²) < 4.78 is 0. The molecule has 0 aliphatic rings. The summed E-state index contributed by atoms with van der Waals surface area (Å²) in [5, 5.41) is 8.99. The van der Waals surface area contributed by atoms with E-state index in [9.17, 15) is 4.79 Å². The number of alkyl halides is 1. The van der Waals surface area contributed by atoms with E-state index >= 15 is 0 Å². The zero-order valence-electron chi connectivity index (χ0n) is 8.75. The predicted molar refractivity (Wildman–Crippen MR) is 62.9 cm³/mol. The Hall–Kier alpha value is -1.14. The van der Waals surface area contributed by atoms with Crippen molar-refractivity contribution in [2.75, 3.05) is 0 Å². The van der Waals surface area contributed by atoms with E-state index in [1.807, 2.05) is 19.1 Å². The van der Waals surface area contributed by atoms with E-state index < -0.39 is 0 Å². The molecule has 1 aromatic rings. The largest absolute Gasteiger partial charge is 0.298 e. The first kappa shape index (κ1) is 11.9. The highest BCUT2D eigenvalue weighted by atomic mass is 79.9. The Balaban J connectivity index is 3.35. The number of ketones is 1. The molecule has 0 bridgehead atoms. The summed E-state index contributed by atoms with van der Waals surface area (Å²) in [6, 6.07) is 7.67. The van der Waals surface area contributed by atoms with Gasteiger partial charge in [-0.2, -0.15) is 5.26 Å². The summed E-state index contributed by atoms with van der Waals surface area (Å²) in [5.74, 6) is 0.0207. The number of benzene rings is 1. The molecule has 0 amide bonds. The van der Waals surface area contributed by atoms with Crippen LogP contribution in [0.5, 0.6) is 0 Å². The highest BCUT2D eigenvalue weighted by molar-refractivity contribution is 9.09. The molecule has 1 aromatic carbocycles. The van der Waals surface area contributed by atoms with Crippen molar-refractivity contribution in [3.63, 3.8) is 0 Å². The van der Waals surface area contributed by atoms with Crippen molar-refractivity contribution in [2.45, 2.75) is 25.1 Å². The third kappa shape index (κ3) is 2.45. The van der Waals surface area contributed by atoms with Gasteiger partial charge in [0.15, 0.2) is 0 Å². The van der Waals surface area contributed by atoms with Crippen LogP contribution in [-0.2, 0) is 11.2 Å². The van der Waals surface area contributed by atoms with E-state index in [2.05, 4.69) is 22.0 Å². The molecule has 2 nitrogen and oxygen atoms in total. The lowest BCUT2D eigenvalue weighted by atomic mass is 9.96. The lowest BCUT2D eigenvalue weighted by Crippen LogP contribution is -2.06. The smallest absolute Gasteiger partial charge is 0.147 e. The standard InChI is InChI=1S/C12H12BrNO/c1-3-9-5-4-6-10(7-14)11(9)12(13)8(2)15/h4-6,12H,3H2,1-2H3. The summed E-state index contributed by atoms with van der Waals surface area (Å²) in [5.41, 5.74) is 2.44. The first-order valence-corrected chi connectivity index (χ1v) is 5.69. The topological polar surface area (TPSA) is 40.9 Å². The number of hydrogen-bond acceptors (Lipinski definition) is 2. The zero-order valence-corrected chi connectivity index (χ0v) is 10.3. The van der Waals surface area contributed by atoms with Gasteiger partial charge in [-0.3, -0.25) is 4.79 Å². The van der Waals surface area contributed by atoms with E-state index in [0.29, 0.717) is 5.56 Å². The number of Topliss-reactive ketones (excluding diaryl/α,β-unsaturated/α-hetero) is 1. The molecule has 15 heavy (non-hydrogen) atoms. The Morgan fingerprint density at radius 3 is 2.73 bits per heavy atom. The van der Waals surface area contributed by atoms with Gasteiger partial charge in [0.05, 0.1) is 16.5 Å². The predicted octanol–water partition coefficient (Wildman–Crippen LogP) is 3.15. The van der Waals surface area contributed by atoms with E-state index in [4.69, 9.17) is 5.26 Å². The van der Waals surface area contributed by atoms with Gasteiger partial charge in [0.2, 0.25) is 0 Å². The maximum atomic E-state index is 11.3. The van der Waals surface area contributed by atoms with Crippen molar-refractivity contribution in [1.82, 2.24) is 0 Å². The molecule has 0 fully saturated rings. The van der Waals surface area contributed by atoms with Crippen molar-refractivity contribution in [1.29, 1.82) is 5.26 Å². The number of aryl methyl sites for hydroxylation is 1. The normalized spacial score (nSPS) is 11.9. The summed E-state index contributed by atoms with van der Waals surface area (Å²) in [7, 11) is 0. The molecular weight excluding hydrogens is 254 g/mol. The Kier molecular flexibility index (Phi) is 4.05. The number of halogens is 1. The van der Waals surface area contributed by atoms with Crippen molar-refractivity contribution in [3.05, 3.63) is 34.9 Å². The number of carbonyl (C=O) groups is 1. The fraction of sp³-hybridized carbons (Fsp3) is 0.333. The number of nitrogens with zero attached hydrogens (tertiary/aromatic N) is 1. The van der Waals surface area contributed by atoms with Gasteiger partial charge in [0.25, 0.3) is 0 Å². The van der Waals surface area contributed by atoms with Gasteiger partial charge in [-0.25, -0.2) is 0 Å². The lowest BCUT2D eigenvalue weighted by molar-refractivity contribution is -0.116. The summed E-state index contributed by atoms with van der Waals surface area (Å²) in [6.07, 6.45) is 0.820. The molecule has 0 radical (unpaired) electrons. The number of nitriles is 1. The number of rotatable bonds is 3. The van der Waals surface area contributed by atoms with Gasteiger partial charge in [-0.1, -0.05) is 35.0 Å². The molecule has 0 saturated carbocycles. The average molecular weight is 266 g/mol. The summed E-state index contributed by atoms with van der Waals surface area (Å²) in [4.78, 5) is 11.0. The van der Waals surface area contributed by atoms with Gasteiger partial charge >= 0.3 is 0 Å². The first-order valence-electron chi connectivity index (χ1n) is 4.78. The lowest BCUT2D eigenvalue weighted by Gasteiger charge is -2.13.